The molecule has 0 radical (unpaired) electrons. The Morgan fingerprint density at radius 1 is 1.35 bits per heavy atom. The van der Waals surface area contributed by atoms with Gasteiger partial charge in [0.15, 0.2) is 0 Å². The number of anilines is 2. The van der Waals surface area contributed by atoms with Crippen molar-refractivity contribution in [1.29, 1.82) is 0 Å². The lowest BCUT2D eigenvalue weighted by molar-refractivity contribution is 0.779. The van der Waals surface area contributed by atoms with Crippen LogP contribution < -0.4 is 10.2 Å². The molecule has 0 aliphatic rings. The van der Waals surface area contributed by atoms with Crippen molar-refractivity contribution < 1.29 is 0 Å². The lowest BCUT2D eigenvalue weighted by atomic mass is 10.6. The maximum absolute atomic E-state index is 4.43. The van der Waals surface area contributed by atoms with Crippen LogP contribution in [-0.2, 0) is 0 Å². The topological polar surface area (TPSA) is 84.7 Å². The van der Waals surface area contributed by atoms with E-state index in [1.165, 1.54) is 11.0 Å². The standard InChI is InChI=1S/C11H18N8S/c1-4-13-9-15-10(18(2)5-6-20-3)17-11(16-9)19-8-12-7-14-19/h7-8H,4-6H2,1-3H3,(H,13,15,16,17). The van der Waals surface area contributed by atoms with Crippen LogP contribution in [0.3, 0.4) is 0 Å². The molecule has 0 atom stereocenters. The molecule has 2 aromatic heterocycles. The second kappa shape index (κ2) is 7.04. The number of hydrogen-bond acceptors (Lipinski definition) is 8. The van der Waals surface area contributed by atoms with Crippen LogP contribution in [0, 0.1) is 0 Å². The summed E-state index contributed by atoms with van der Waals surface area (Å²) in [6, 6.07) is 0. The molecule has 2 aromatic rings. The SMILES string of the molecule is CCNc1nc(N(C)CCSC)nc(-n2cncn2)n1. The highest BCUT2D eigenvalue weighted by Crippen LogP contribution is 2.12. The van der Waals surface area contributed by atoms with Crippen LogP contribution in [0.5, 0.6) is 0 Å². The molecule has 0 saturated heterocycles. The van der Waals surface area contributed by atoms with Crippen molar-refractivity contribution in [2.24, 2.45) is 0 Å². The van der Waals surface area contributed by atoms with Gasteiger partial charge < -0.3 is 10.2 Å². The van der Waals surface area contributed by atoms with Crippen molar-refractivity contribution in [3.63, 3.8) is 0 Å². The molecule has 20 heavy (non-hydrogen) atoms. The Bertz CT molecular complexity index is 529. The normalized spacial score (nSPS) is 10.6. The third-order valence-electron chi connectivity index (χ3n) is 2.54. The molecule has 9 heteroatoms. The quantitative estimate of drug-likeness (QED) is 0.798. The number of nitrogens with zero attached hydrogens (tertiary/aromatic N) is 7. The fourth-order valence-corrected chi connectivity index (χ4v) is 1.96. The Morgan fingerprint density at radius 3 is 2.85 bits per heavy atom. The first-order valence-corrected chi connectivity index (χ1v) is 7.69. The smallest absolute Gasteiger partial charge is 0.258 e. The molecular weight excluding hydrogens is 276 g/mol. The summed E-state index contributed by atoms with van der Waals surface area (Å²) in [5.41, 5.74) is 0. The third-order valence-corrected chi connectivity index (χ3v) is 3.13. The van der Waals surface area contributed by atoms with Gasteiger partial charge in [0.2, 0.25) is 11.9 Å². The monoisotopic (exact) mass is 294 g/mol. The summed E-state index contributed by atoms with van der Waals surface area (Å²) in [4.78, 5) is 19.1. The Labute approximate surface area is 122 Å². The minimum atomic E-state index is 0.458. The number of hydrogen-bond donors (Lipinski definition) is 1. The van der Waals surface area contributed by atoms with Gasteiger partial charge in [0.25, 0.3) is 5.95 Å². The second-order valence-electron chi connectivity index (χ2n) is 4.04. The minimum absolute atomic E-state index is 0.458. The fraction of sp³-hybridized carbons (Fsp3) is 0.545. The first kappa shape index (κ1) is 14.5. The molecule has 0 saturated carbocycles. The van der Waals surface area contributed by atoms with Gasteiger partial charge in [-0.1, -0.05) is 0 Å². The Kier molecular flexibility index (Phi) is 5.10. The Morgan fingerprint density at radius 2 is 2.20 bits per heavy atom. The van der Waals surface area contributed by atoms with E-state index in [2.05, 4.69) is 36.6 Å². The van der Waals surface area contributed by atoms with Crippen LogP contribution in [0.4, 0.5) is 11.9 Å². The summed E-state index contributed by atoms with van der Waals surface area (Å²) in [6.45, 7) is 3.61. The van der Waals surface area contributed by atoms with Crippen molar-refractivity contribution in [1.82, 2.24) is 29.7 Å². The van der Waals surface area contributed by atoms with E-state index in [-0.39, 0.29) is 0 Å². The molecule has 0 amide bonds. The van der Waals surface area contributed by atoms with E-state index in [4.69, 9.17) is 0 Å². The molecule has 0 unspecified atom stereocenters. The third kappa shape index (κ3) is 3.56. The molecule has 8 nitrogen and oxygen atoms in total. The number of aromatic nitrogens is 6. The van der Waals surface area contributed by atoms with Gasteiger partial charge in [0.05, 0.1) is 0 Å². The van der Waals surface area contributed by atoms with E-state index in [0.29, 0.717) is 17.8 Å². The van der Waals surface area contributed by atoms with Crippen LogP contribution >= 0.6 is 11.8 Å². The van der Waals surface area contributed by atoms with Crippen LogP contribution in [0.2, 0.25) is 0 Å². The van der Waals surface area contributed by atoms with E-state index in [1.807, 2.05) is 18.9 Å². The van der Waals surface area contributed by atoms with Gasteiger partial charge in [-0.05, 0) is 13.2 Å². The van der Waals surface area contributed by atoms with E-state index in [1.54, 1.807) is 18.1 Å². The molecule has 2 heterocycles. The average Bonchev–Trinajstić information content (AvgIpc) is 2.99. The van der Waals surface area contributed by atoms with Crippen LogP contribution in [0.1, 0.15) is 6.92 Å². The molecule has 0 bridgehead atoms. The molecule has 0 spiro atoms. The van der Waals surface area contributed by atoms with E-state index < -0.39 is 0 Å². The first-order chi connectivity index (χ1) is 9.74. The fourth-order valence-electron chi connectivity index (χ4n) is 1.50. The van der Waals surface area contributed by atoms with Gasteiger partial charge in [-0.3, -0.25) is 0 Å². The summed E-state index contributed by atoms with van der Waals surface area (Å²) in [6.07, 6.45) is 5.09. The first-order valence-electron chi connectivity index (χ1n) is 6.29. The molecular formula is C11H18N8S. The maximum Gasteiger partial charge on any atom is 0.258 e. The zero-order valence-electron chi connectivity index (χ0n) is 11.8. The summed E-state index contributed by atoms with van der Waals surface area (Å²) >= 11 is 1.79. The summed E-state index contributed by atoms with van der Waals surface area (Å²) in [7, 11) is 1.96. The highest BCUT2D eigenvalue weighted by Gasteiger charge is 2.11. The number of nitrogens with one attached hydrogen (secondary N) is 1. The number of thioether (sulfide) groups is 1. The van der Waals surface area contributed by atoms with Crippen molar-refractivity contribution in [2.75, 3.05) is 42.4 Å². The van der Waals surface area contributed by atoms with Gasteiger partial charge in [0, 0.05) is 25.9 Å². The van der Waals surface area contributed by atoms with E-state index in [0.717, 1.165) is 18.8 Å². The van der Waals surface area contributed by atoms with E-state index >= 15 is 0 Å². The lowest BCUT2D eigenvalue weighted by Crippen LogP contribution is -2.24. The van der Waals surface area contributed by atoms with E-state index in [9.17, 15) is 0 Å². The predicted octanol–water partition coefficient (Wildman–Crippen LogP) is 0.683. The van der Waals surface area contributed by atoms with Gasteiger partial charge in [-0.25, -0.2) is 4.98 Å². The van der Waals surface area contributed by atoms with Gasteiger partial charge in [-0.2, -0.15) is 36.5 Å². The van der Waals surface area contributed by atoms with Gasteiger partial charge in [0.1, 0.15) is 12.7 Å². The number of rotatable bonds is 7. The Balaban J connectivity index is 2.31. The zero-order valence-corrected chi connectivity index (χ0v) is 12.6. The van der Waals surface area contributed by atoms with Crippen molar-refractivity contribution >= 4 is 23.7 Å². The Hall–Kier alpha value is -1.90. The van der Waals surface area contributed by atoms with Gasteiger partial charge in [-0.15, -0.1) is 0 Å². The summed E-state index contributed by atoms with van der Waals surface area (Å²) < 4.78 is 1.52. The molecule has 1 N–H and O–H groups in total. The molecule has 0 aliphatic carbocycles. The minimum Gasteiger partial charge on any atom is -0.354 e. The van der Waals surface area contributed by atoms with Crippen LogP contribution in [0.15, 0.2) is 12.7 Å². The molecule has 0 aliphatic heterocycles. The maximum atomic E-state index is 4.43. The van der Waals surface area contributed by atoms with Crippen molar-refractivity contribution in [2.45, 2.75) is 6.92 Å². The highest BCUT2D eigenvalue weighted by atomic mass is 32.2. The second-order valence-corrected chi connectivity index (χ2v) is 5.03. The van der Waals surface area contributed by atoms with Gasteiger partial charge >= 0.3 is 0 Å². The average molecular weight is 294 g/mol. The largest absolute Gasteiger partial charge is 0.354 e. The predicted molar refractivity (Wildman–Crippen MR) is 80.6 cm³/mol. The molecule has 2 rings (SSSR count). The van der Waals surface area contributed by atoms with Crippen molar-refractivity contribution in [3.8, 4) is 5.95 Å². The molecule has 0 aromatic carbocycles. The van der Waals surface area contributed by atoms with Crippen LogP contribution in [-0.4, -0.2) is 61.9 Å². The summed E-state index contributed by atoms with van der Waals surface area (Å²) in [5.74, 6) is 2.63. The van der Waals surface area contributed by atoms with Crippen LogP contribution in [0.25, 0.3) is 5.95 Å². The molecule has 108 valence electrons. The van der Waals surface area contributed by atoms with Crippen molar-refractivity contribution in [3.05, 3.63) is 12.7 Å². The zero-order chi connectivity index (χ0) is 14.4. The molecule has 0 fully saturated rings. The lowest BCUT2D eigenvalue weighted by Gasteiger charge is -2.17. The summed E-state index contributed by atoms with van der Waals surface area (Å²) in [5, 5.41) is 7.16. The highest BCUT2D eigenvalue weighted by molar-refractivity contribution is 7.98.